The summed E-state index contributed by atoms with van der Waals surface area (Å²) in [6.45, 7) is 4.77. The van der Waals surface area contributed by atoms with E-state index in [-0.39, 0.29) is 0 Å². The van der Waals surface area contributed by atoms with Gasteiger partial charge in [0.1, 0.15) is 13.2 Å². The lowest BCUT2D eigenvalue weighted by Crippen LogP contribution is -2.45. The number of rotatable bonds is 5. The molecule has 1 fully saturated rings. The number of fused-ring (bicyclic) bond motifs is 1. The first-order valence-corrected chi connectivity index (χ1v) is 7.57. The van der Waals surface area contributed by atoms with Crippen molar-refractivity contribution >= 4 is 11.6 Å². The van der Waals surface area contributed by atoms with E-state index in [9.17, 15) is 0 Å². The molecule has 20 heavy (non-hydrogen) atoms. The van der Waals surface area contributed by atoms with Gasteiger partial charge in [-0.3, -0.25) is 0 Å². The number of hydrogen-bond acceptors (Lipinski definition) is 4. The Labute approximate surface area is 124 Å². The minimum absolute atomic E-state index is 0.432. The van der Waals surface area contributed by atoms with Crippen LogP contribution in [0.4, 0.5) is 0 Å². The van der Waals surface area contributed by atoms with Crippen LogP contribution in [0.5, 0.6) is 11.5 Å². The van der Waals surface area contributed by atoms with Crippen LogP contribution in [0.15, 0.2) is 12.1 Å². The molecule has 110 valence electrons. The molecular weight excluding hydrogens is 278 g/mol. The lowest BCUT2D eigenvalue weighted by atomic mass is 9.89. The molecule has 0 spiro atoms. The summed E-state index contributed by atoms with van der Waals surface area (Å²) in [5, 5.41) is 4.15. The molecule has 1 N–H and O–H groups in total. The van der Waals surface area contributed by atoms with Crippen molar-refractivity contribution in [3.63, 3.8) is 0 Å². The van der Waals surface area contributed by atoms with E-state index in [0.29, 0.717) is 36.1 Å². The molecule has 0 amide bonds. The average Bonchev–Trinajstić information content (AvgIpc) is 2.41. The van der Waals surface area contributed by atoms with Crippen LogP contribution in [-0.2, 0) is 11.3 Å². The quantitative estimate of drug-likeness (QED) is 0.907. The lowest BCUT2D eigenvalue weighted by Gasteiger charge is -2.35. The Morgan fingerprint density at radius 3 is 2.90 bits per heavy atom. The Kier molecular flexibility index (Phi) is 4.34. The zero-order valence-corrected chi connectivity index (χ0v) is 12.4. The van der Waals surface area contributed by atoms with Gasteiger partial charge in [0.15, 0.2) is 11.5 Å². The van der Waals surface area contributed by atoms with Gasteiger partial charge in [0.25, 0.3) is 0 Å². The molecule has 1 heterocycles. The highest BCUT2D eigenvalue weighted by Gasteiger charge is 2.29. The molecule has 1 aliphatic carbocycles. The Balaban J connectivity index is 1.55. The van der Waals surface area contributed by atoms with E-state index in [1.54, 1.807) is 0 Å². The largest absolute Gasteiger partial charge is 0.486 e. The van der Waals surface area contributed by atoms with Gasteiger partial charge in [-0.1, -0.05) is 11.6 Å². The second-order valence-corrected chi connectivity index (χ2v) is 5.64. The second-order valence-electron chi connectivity index (χ2n) is 5.23. The molecule has 1 aromatic rings. The zero-order chi connectivity index (χ0) is 13.9. The smallest absolute Gasteiger partial charge is 0.179 e. The molecule has 0 unspecified atom stereocenters. The van der Waals surface area contributed by atoms with Gasteiger partial charge >= 0.3 is 0 Å². The molecule has 1 aliphatic heterocycles. The summed E-state index contributed by atoms with van der Waals surface area (Å²) in [5.74, 6) is 1.42. The third kappa shape index (κ3) is 3.03. The molecule has 0 atom stereocenters. The Bertz CT molecular complexity index is 474. The first kappa shape index (κ1) is 14.0. The van der Waals surface area contributed by atoms with Gasteiger partial charge in [0.2, 0.25) is 0 Å². The van der Waals surface area contributed by atoms with Crippen LogP contribution in [0.3, 0.4) is 0 Å². The Morgan fingerprint density at radius 2 is 2.10 bits per heavy atom. The van der Waals surface area contributed by atoms with Gasteiger partial charge in [-0.15, -0.1) is 0 Å². The molecular formula is C15H20ClNO3. The van der Waals surface area contributed by atoms with Crippen molar-refractivity contribution in [3.8, 4) is 11.5 Å². The second kappa shape index (κ2) is 6.20. The van der Waals surface area contributed by atoms with Crippen molar-refractivity contribution in [2.75, 3.05) is 19.8 Å². The molecule has 4 nitrogen and oxygen atoms in total. The first-order chi connectivity index (χ1) is 9.76. The predicted octanol–water partition coefficient (Wildman–Crippen LogP) is 2.77. The predicted molar refractivity (Wildman–Crippen MR) is 77.7 cm³/mol. The van der Waals surface area contributed by atoms with E-state index in [1.165, 1.54) is 0 Å². The Hall–Kier alpha value is -0.970. The number of benzene rings is 1. The topological polar surface area (TPSA) is 39.7 Å². The fraction of sp³-hybridized carbons (Fsp3) is 0.600. The van der Waals surface area contributed by atoms with Crippen molar-refractivity contribution in [1.82, 2.24) is 5.32 Å². The molecule has 5 heteroatoms. The maximum absolute atomic E-state index is 6.22. The van der Waals surface area contributed by atoms with Crippen molar-refractivity contribution in [1.29, 1.82) is 0 Å². The summed E-state index contributed by atoms with van der Waals surface area (Å²) in [4.78, 5) is 0. The lowest BCUT2D eigenvalue weighted by molar-refractivity contribution is -0.0102. The van der Waals surface area contributed by atoms with Crippen LogP contribution in [0, 0.1) is 0 Å². The van der Waals surface area contributed by atoms with E-state index in [2.05, 4.69) is 5.32 Å². The summed E-state index contributed by atoms with van der Waals surface area (Å²) in [6.07, 6.45) is 2.61. The van der Waals surface area contributed by atoms with Gasteiger partial charge < -0.3 is 19.5 Å². The van der Waals surface area contributed by atoms with Crippen LogP contribution in [0.2, 0.25) is 5.02 Å². The fourth-order valence-corrected chi connectivity index (χ4v) is 2.92. The Morgan fingerprint density at radius 1 is 1.30 bits per heavy atom. The van der Waals surface area contributed by atoms with Crippen molar-refractivity contribution < 1.29 is 14.2 Å². The SMILES string of the molecule is CCOC1CC(NCc2cc(Cl)c3c(c2)OCCO3)C1. The van der Waals surface area contributed by atoms with Crippen LogP contribution in [0.25, 0.3) is 0 Å². The monoisotopic (exact) mass is 297 g/mol. The van der Waals surface area contributed by atoms with E-state index in [0.717, 1.165) is 37.3 Å². The first-order valence-electron chi connectivity index (χ1n) is 7.19. The maximum atomic E-state index is 6.22. The van der Waals surface area contributed by atoms with Crippen molar-refractivity contribution in [2.45, 2.75) is 38.5 Å². The van der Waals surface area contributed by atoms with Crippen LogP contribution in [0.1, 0.15) is 25.3 Å². The number of halogens is 1. The molecule has 1 aromatic carbocycles. The van der Waals surface area contributed by atoms with E-state index in [4.69, 9.17) is 25.8 Å². The number of nitrogens with one attached hydrogen (secondary N) is 1. The molecule has 2 aliphatic rings. The maximum Gasteiger partial charge on any atom is 0.179 e. The highest BCUT2D eigenvalue weighted by Crippen LogP contribution is 2.38. The molecule has 0 radical (unpaired) electrons. The summed E-state index contributed by atoms with van der Waals surface area (Å²) in [6, 6.07) is 4.49. The summed E-state index contributed by atoms with van der Waals surface area (Å²) in [5.41, 5.74) is 1.12. The van der Waals surface area contributed by atoms with E-state index in [1.807, 2.05) is 19.1 Å². The summed E-state index contributed by atoms with van der Waals surface area (Å²) < 4.78 is 16.7. The van der Waals surface area contributed by atoms with Gasteiger partial charge in [0, 0.05) is 19.2 Å². The van der Waals surface area contributed by atoms with Crippen LogP contribution >= 0.6 is 11.6 Å². The van der Waals surface area contributed by atoms with Gasteiger partial charge in [-0.25, -0.2) is 0 Å². The third-order valence-electron chi connectivity index (χ3n) is 3.75. The number of ether oxygens (including phenoxy) is 3. The van der Waals surface area contributed by atoms with Gasteiger partial charge in [-0.2, -0.15) is 0 Å². The van der Waals surface area contributed by atoms with Gasteiger partial charge in [0.05, 0.1) is 11.1 Å². The number of hydrogen-bond donors (Lipinski definition) is 1. The standard InChI is InChI=1S/C15H20ClNO3/c1-2-18-12-7-11(8-12)17-9-10-5-13(16)15-14(6-10)19-3-4-20-15/h5-6,11-12,17H,2-4,7-9H2,1H3. The van der Waals surface area contributed by atoms with Crippen molar-refractivity contribution in [2.24, 2.45) is 0 Å². The van der Waals surface area contributed by atoms with E-state index < -0.39 is 0 Å². The molecule has 0 saturated heterocycles. The summed E-state index contributed by atoms with van der Waals surface area (Å²) >= 11 is 6.22. The summed E-state index contributed by atoms with van der Waals surface area (Å²) in [7, 11) is 0. The molecule has 3 rings (SSSR count). The van der Waals surface area contributed by atoms with Crippen molar-refractivity contribution in [3.05, 3.63) is 22.7 Å². The van der Waals surface area contributed by atoms with Gasteiger partial charge in [-0.05, 0) is 37.5 Å². The highest BCUT2D eigenvalue weighted by atomic mass is 35.5. The molecule has 0 aromatic heterocycles. The minimum Gasteiger partial charge on any atom is -0.486 e. The third-order valence-corrected chi connectivity index (χ3v) is 4.03. The molecule has 1 saturated carbocycles. The fourth-order valence-electron chi connectivity index (χ4n) is 2.63. The molecule has 0 bridgehead atoms. The van der Waals surface area contributed by atoms with Crippen LogP contribution < -0.4 is 14.8 Å². The normalized spacial score (nSPS) is 24.3. The zero-order valence-electron chi connectivity index (χ0n) is 11.7. The average molecular weight is 298 g/mol. The van der Waals surface area contributed by atoms with Crippen LogP contribution in [-0.4, -0.2) is 32.0 Å². The minimum atomic E-state index is 0.432. The highest BCUT2D eigenvalue weighted by molar-refractivity contribution is 6.32. The van der Waals surface area contributed by atoms with E-state index >= 15 is 0 Å².